The van der Waals surface area contributed by atoms with Gasteiger partial charge in [0.05, 0.1) is 22.6 Å². The van der Waals surface area contributed by atoms with Crippen LogP contribution < -0.4 is 4.90 Å². The maximum Gasteiger partial charge on any atom is 0.323 e. The molecule has 0 saturated carbocycles. The molecule has 1 aliphatic heterocycles. The molecule has 1 N–H and O–H groups in total. The van der Waals surface area contributed by atoms with E-state index in [2.05, 4.69) is 10.2 Å². The molecule has 1 atom stereocenters. The van der Waals surface area contributed by atoms with Crippen LogP contribution in [0.1, 0.15) is 17.4 Å². The Morgan fingerprint density at radius 1 is 0.917 bits per heavy atom. The van der Waals surface area contributed by atoms with Gasteiger partial charge in [-0.2, -0.15) is 5.10 Å². The smallest absolute Gasteiger partial charge is 0.323 e. The molecule has 1 unspecified atom stereocenters. The summed E-state index contributed by atoms with van der Waals surface area (Å²) in [5, 5.41) is 24.3. The van der Waals surface area contributed by atoms with Gasteiger partial charge in [-0.25, -0.2) is 0 Å². The predicted molar refractivity (Wildman–Crippen MR) is 134 cm³/mol. The molecule has 178 valence electrons. The fourth-order valence-corrected chi connectivity index (χ4v) is 4.94. The Morgan fingerprint density at radius 2 is 1.61 bits per heavy atom. The van der Waals surface area contributed by atoms with E-state index in [0.29, 0.717) is 23.0 Å². The number of hydrogen-bond donors (Lipinski definition) is 1. The van der Waals surface area contributed by atoms with Crippen LogP contribution in [0.15, 0.2) is 78.9 Å². The van der Waals surface area contributed by atoms with Crippen molar-refractivity contribution in [1.29, 1.82) is 0 Å². The molecule has 1 amide bonds. The number of aromatic nitrogens is 5. The molecular formula is C27H22N6O3. The molecular weight excluding hydrogens is 456 g/mol. The molecule has 36 heavy (non-hydrogen) atoms. The third kappa shape index (κ3) is 3.44. The number of amides is 1. The van der Waals surface area contributed by atoms with Crippen LogP contribution in [-0.2, 0) is 23.1 Å². The van der Waals surface area contributed by atoms with Gasteiger partial charge in [-0.3, -0.25) is 23.7 Å². The second-order valence-corrected chi connectivity index (χ2v) is 8.73. The fourth-order valence-electron chi connectivity index (χ4n) is 4.94. The Labute approximate surface area is 206 Å². The number of carbonyl (C=O) groups excluding carboxylic acids is 1. The highest BCUT2D eigenvalue weighted by Gasteiger charge is 2.39. The molecule has 0 saturated heterocycles. The van der Waals surface area contributed by atoms with Gasteiger partial charge in [0.2, 0.25) is 5.91 Å². The van der Waals surface area contributed by atoms with Crippen molar-refractivity contribution in [2.24, 2.45) is 7.05 Å². The van der Waals surface area contributed by atoms with Crippen LogP contribution in [0.2, 0.25) is 0 Å². The van der Waals surface area contributed by atoms with E-state index in [4.69, 9.17) is 5.10 Å². The normalized spacial score (nSPS) is 15.0. The largest absolute Gasteiger partial charge is 0.480 e. The summed E-state index contributed by atoms with van der Waals surface area (Å²) in [5.41, 5.74) is 3.68. The number of aliphatic carboxylic acids is 1. The highest BCUT2D eigenvalue weighted by molar-refractivity contribution is 6.04. The zero-order valence-corrected chi connectivity index (χ0v) is 19.4. The third-order valence-electron chi connectivity index (χ3n) is 6.53. The Kier molecular flexibility index (Phi) is 5.10. The van der Waals surface area contributed by atoms with Crippen molar-refractivity contribution < 1.29 is 14.7 Å². The minimum absolute atomic E-state index is 0.247. The van der Waals surface area contributed by atoms with Crippen molar-refractivity contribution >= 4 is 28.5 Å². The first-order chi connectivity index (χ1) is 17.5. The molecule has 0 spiro atoms. The Bertz CT molecular complexity index is 1620. The molecule has 0 radical (unpaired) electrons. The standard InChI is InChI=1S/C27H22N6O3/c1-31-21-12-6-5-11-18(21)20(30-31)15-19-26-29-28-25(17-9-3-2-4-10-17)33(26)23-14-8-7-13-22(23)32(27(19)36)16-24(34)35/h2-14,19H,15-16H2,1H3,(H,34,35). The van der Waals surface area contributed by atoms with E-state index in [1.54, 1.807) is 16.8 Å². The summed E-state index contributed by atoms with van der Waals surface area (Å²) in [7, 11) is 1.86. The Hall–Kier alpha value is -4.79. The SMILES string of the molecule is Cn1nc(CC2C(=O)N(CC(=O)O)c3ccccc3-n3c(-c4ccccc4)nnc32)c2ccccc21. The minimum Gasteiger partial charge on any atom is -0.480 e. The van der Waals surface area contributed by atoms with Gasteiger partial charge >= 0.3 is 5.97 Å². The van der Waals surface area contributed by atoms with Gasteiger partial charge in [0, 0.05) is 24.4 Å². The number of fused-ring (bicyclic) bond motifs is 4. The van der Waals surface area contributed by atoms with Crippen molar-refractivity contribution in [2.75, 3.05) is 11.4 Å². The summed E-state index contributed by atoms with van der Waals surface area (Å²) in [5.74, 6) is -1.21. The number of rotatable bonds is 5. The van der Waals surface area contributed by atoms with Gasteiger partial charge in [-0.1, -0.05) is 60.7 Å². The van der Waals surface area contributed by atoms with E-state index in [1.807, 2.05) is 78.3 Å². The number of carboxylic acid groups (broad SMARTS) is 1. The summed E-state index contributed by atoms with van der Waals surface area (Å²) >= 11 is 0. The highest BCUT2D eigenvalue weighted by atomic mass is 16.4. The number of hydrogen-bond acceptors (Lipinski definition) is 5. The molecule has 2 aromatic heterocycles. The number of carbonyl (C=O) groups is 2. The van der Waals surface area contributed by atoms with Crippen LogP contribution in [0.5, 0.6) is 0 Å². The molecule has 0 fully saturated rings. The van der Waals surface area contributed by atoms with E-state index in [-0.39, 0.29) is 12.3 Å². The van der Waals surface area contributed by atoms with Crippen LogP contribution in [0.25, 0.3) is 28.0 Å². The highest BCUT2D eigenvalue weighted by Crippen LogP contribution is 2.38. The van der Waals surface area contributed by atoms with Gasteiger partial charge in [0.1, 0.15) is 12.5 Å². The lowest BCUT2D eigenvalue weighted by atomic mass is 9.98. The monoisotopic (exact) mass is 478 g/mol. The second-order valence-electron chi connectivity index (χ2n) is 8.73. The van der Waals surface area contributed by atoms with Crippen LogP contribution in [0, 0.1) is 0 Å². The summed E-state index contributed by atoms with van der Waals surface area (Å²) in [4.78, 5) is 27.2. The third-order valence-corrected chi connectivity index (χ3v) is 6.53. The molecule has 5 aromatic rings. The maximum atomic E-state index is 14.0. The first kappa shape index (κ1) is 21.7. The summed E-state index contributed by atoms with van der Waals surface area (Å²) in [6, 6.07) is 24.7. The van der Waals surface area contributed by atoms with Crippen molar-refractivity contribution in [1.82, 2.24) is 24.5 Å². The number of carboxylic acids is 1. The minimum atomic E-state index is -1.10. The lowest BCUT2D eigenvalue weighted by molar-refractivity contribution is -0.136. The van der Waals surface area contributed by atoms with Gasteiger partial charge in [0.15, 0.2) is 11.6 Å². The van der Waals surface area contributed by atoms with Crippen LogP contribution >= 0.6 is 0 Å². The molecule has 3 aromatic carbocycles. The molecule has 0 bridgehead atoms. The van der Waals surface area contributed by atoms with E-state index < -0.39 is 18.4 Å². The van der Waals surface area contributed by atoms with E-state index in [0.717, 1.165) is 22.2 Å². The van der Waals surface area contributed by atoms with Crippen LogP contribution in [0.3, 0.4) is 0 Å². The second kappa shape index (κ2) is 8.46. The van der Waals surface area contributed by atoms with Gasteiger partial charge in [0.25, 0.3) is 0 Å². The van der Waals surface area contributed by atoms with Crippen LogP contribution in [0.4, 0.5) is 5.69 Å². The number of nitrogens with zero attached hydrogens (tertiary/aromatic N) is 6. The van der Waals surface area contributed by atoms with Crippen molar-refractivity contribution in [2.45, 2.75) is 12.3 Å². The number of benzene rings is 3. The van der Waals surface area contributed by atoms with Crippen LogP contribution in [-0.4, -0.2) is 48.1 Å². The number of para-hydroxylation sites is 3. The average Bonchev–Trinajstić information content (AvgIpc) is 3.45. The van der Waals surface area contributed by atoms with Gasteiger partial charge in [-0.05, 0) is 18.2 Å². The van der Waals surface area contributed by atoms with E-state index >= 15 is 0 Å². The number of anilines is 1. The maximum absolute atomic E-state index is 14.0. The zero-order valence-electron chi connectivity index (χ0n) is 19.4. The molecule has 1 aliphatic rings. The Balaban J connectivity index is 1.58. The Morgan fingerprint density at radius 3 is 2.39 bits per heavy atom. The molecule has 0 aliphatic carbocycles. The molecule has 6 rings (SSSR count). The lowest BCUT2D eigenvalue weighted by Gasteiger charge is -2.23. The molecule has 9 nitrogen and oxygen atoms in total. The first-order valence-corrected chi connectivity index (χ1v) is 11.6. The van der Waals surface area contributed by atoms with Crippen molar-refractivity contribution in [3.8, 4) is 17.1 Å². The molecule has 3 heterocycles. The van der Waals surface area contributed by atoms with E-state index in [9.17, 15) is 14.7 Å². The van der Waals surface area contributed by atoms with Gasteiger partial charge < -0.3 is 5.11 Å². The fraction of sp³-hybridized carbons (Fsp3) is 0.148. The summed E-state index contributed by atoms with van der Waals surface area (Å²) < 4.78 is 3.66. The quantitative estimate of drug-likeness (QED) is 0.414. The summed E-state index contributed by atoms with van der Waals surface area (Å²) in [6.45, 7) is -0.464. The molecule has 9 heteroatoms. The number of aryl methyl sites for hydroxylation is 1. The van der Waals surface area contributed by atoms with Gasteiger partial charge in [-0.15, -0.1) is 10.2 Å². The van der Waals surface area contributed by atoms with Crippen molar-refractivity contribution in [3.63, 3.8) is 0 Å². The van der Waals surface area contributed by atoms with E-state index in [1.165, 1.54) is 4.90 Å². The zero-order chi connectivity index (χ0) is 24.8. The summed E-state index contributed by atoms with van der Waals surface area (Å²) in [6.07, 6.45) is 0.247. The predicted octanol–water partition coefficient (Wildman–Crippen LogP) is 3.58. The van der Waals surface area contributed by atoms with Crippen molar-refractivity contribution in [3.05, 3.63) is 90.4 Å². The lowest BCUT2D eigenvalue weighted by Crippen LogP contribution is -2.39. The topological polar surface area (TPSA) is 106 Å². The first-order valence-electron chi connectivity index (χ1n) is 11.6. The average molecular weight is 479 g/mol.